The van der Waals surface area contributed by atoms with Gasteiger partial charge in [-0.15, -0.1) is 0 Å². The molecular weight excluding hydrogens is 616 g/mol. The standard InChI is InChI=1S/C28H29Cl4N3O4S/c1-18(2)33-28(37)26(14-19-7-5-4-6-8-19)34(16-20-9-11-22(30)24(32)13-20)27(36)17-35(40(3,38)39)25-15-21(29)10-12-23(25)31/h4-13,15,18,26H,14,16-17H2,1-3H3,(H,33,37)/t26-/m1/s1. The largest absolute Gasteiger partial charge is 0.352 e. The number of amides is 2. The lowest BCUT2D eigenvalue weighted by Gasteiger charge is -2.34. The molecule has 3 rings (SSSR count). The number of sulfonamides is 1. The molecule has 3 aromatic carbocycles. The summed E-state index contributed by atoms with van der Waals surface area (Å²) in [5.74, 6) is -1.02. The molecule has 214 valence electrons. The third-order valence-corrected chi connectivity index (χ3v) is 8.32. The zero-order chi connectivity index (χ0) is 29.6. The van der Waals surface area contributed by atoms with Crippen LogP contribution in [0, 0.1) is 0 Å². The Bertz CT molecular complexity index is 1470. The maximum atomic E-state index is 14.1. The zero-order valence-corrected chi connectivity index (χ0v) is 25.9. The molecule has 0 aliphatic rings. The third kappa shape index (κ3) is 8.75. The van der Waals surface area contributed by atoms with Gasteiger partial charge in [0.25, 0.3) is 0 Å². The van der Waals surface area contributed by atoms with Crippen molar-refractivity contribution in [1.29, 1.82) is 0 Å². The van der Waals surface area contributed by atoms with Gasteiger partial charge in [-0.05, 0) is 55.3 Å². The minimum atomic E-state index is -3.99. The summed E-state index contributed by atoms with van der Waals surface area (Å²) >= 11 is 24.8. The molecule has 0 saturated carbocycles. The molecule has 0 heterocycles. The van der Waals surface area contributed by atoms with E-state index in [9.17, 15) is 18.0 Å². The van der Waals surface area contributed by atoms with Crippen LogP contribution in [0.2, 0.25) is 20.1 Å². The van der Waals surface area contributed by atoms with E-state index in [1.54, 1.807) is 18.2 Å². The second-order valence-corrected chi connectivity index (χ2v) is 13.1. The molecule has 0 fully saturated rings. The summed E-state index contributed by atoms with van der Waals surface area (Å²) in [7, 11) is -3.99. The molecule has 0 unspecified atom stereocenters. The monoisotopic (exact) mass is 643 g/mol. The van der Waals surface area contributed by atoms with Gasteiger partial charge in [-0.2, -0.15) is 0 Å². The molecule has 2 amide bonds. The van der Waals surface area contributed by atoms with Crippen LogP contribution in [-0.2, 0) is 32.6 Å². The van der Waals surface area contributed by atoms with Gasteiger partial charge in [-0.3, -0.25) is 13.9 Å². The summed E-state index contributed by atoms with van der Waals surface area (Å²) in [5, 5.41) is 3.84. The number of rotatable bonds is 11. The Kier molecular flexibility index (Phi) is 11.1. The zero-order valence-electron chi connectivity index (χ0n) is 22.1. The number of carbonyl (C=O) groups excluding carboxylic acids is 2. The van der Waals surface area contributed by atoms with Gasteiger partial charge < -0.3 is 10.2 Å². The molecule has 0 aromatic heterocycles. The van der Waals surface area contributed by atoms with E-state index < -0.39 is 28.5 Å². The number of anilines is 1. The van der Waals surface area contributed by atoms with Gasteiger partial charge in [0.1, 0.15) is 12.6 Å². The highest BCUT2D eigenvalue weighted by atomic mass is 35.5. The van der Waals surface area contributed by atoms with Gasteiger partial charge in [0, 0.05) is 24.0 Å². The topological polar surface area (TPSA) is 86.8 Å². The first kappa shape index (κ1) is 32.0. The quantitative estimate of drug-likeness (QED) is 0.268. The minimum absolute atomic E-state index is 0.0420. The lowest BCUT2D eigenvalue weighted by molar-refractivity contribution is -0.140. The molecule has 12 heteroatoms. The number of hydrogen-bond acceptors (Lipinski definition) is 4. The first-order chi connectivity index (χ1) is 18.8. The van der Waals surface area contributed by atoms with E-state index in [2.05, 4.69) is 5.32 Å². The van der Waals surface area contributed by atoms with Crippen LogP contribution in [0.4, 0.5) is 5.69 Å². The molecule has 0 spiro atoms. The normalized spacial score (nSPS) is 12.2. The molecule has 7 nitrogen and oxygen atoms in total. The Hall–Kier alpha value is -2.49. The fraction of sp³-hybridized carbons (Fsp3) is 0.286. The van der Waals surface area contributed by atoms with Crippen LogP contribution in [0.1, 0.15) is 25.0 Å². The van der Waals surface area contributed by atoms with Gasteiger partial charge >= 0.3 is 0 Å². The summed E-state index contributed by atoms with van der Waals surface area (Å²) in [6.07, 6.45) is 1.15. The van der Waals surface area contributed by atoms with Crippen molar-refractivity contribution in [2.45, 2.75) is 38.9 Å². The first-order valence-corrected chi connectivity index (χ1v) is 15.6. The van der Waals surface area contributed by atoms with Crippen molar-refractivity contribution in [3.05, 3.63) is 97.9 Å². The van der Waals surface area contributed by atoms with Crippen LogP contribution in [0.5, 0.6) is 0 Å². The van der Waals surface area contributed by atoms with Crippen LogP contribution in [0.15, 0.2) is 66.7 Å². The van der Waals surface area contributed by atoms with Gasteiger partial charge in [0.15, 0.2) is 0 Å². The first-order valence-electron chi connectivity index (χ1n) is 12.3. The van der Waals surface area contributed by atoms with Crippen molar-refractivity contribution < 1.29 is 18.0 Å². The number of carbonyl (C=O) groups is 2. The molecule has 1 atom stereocenters. The third-order valence-electron chi connectivity index (χ3n) is 5.90. The lowest BCUT2D eigenvalue weighted by atomic mass is 10.0. The number of hydrogen-bond donors (Lipinski definition) is 1. The van der Waals surface area contributed by atoms with E-state index in [1.807, 2.05) is 44.2 Å². The highest BCUT2D eigenvalue weighted by molar-refractivity contribution is 7.92. The van der Waals surface area contributed by atoms with Gasteiger partial charge in [-0.1, -0.05) is 82.8 Å². The van der Waals surface area contributed by atoms with Crippen LogP contribution >= 0.6 is 46.4 Å². The minimum Gasteiger partial charge on any atom is -0.352 e. The smallest absolute Gasteiger partial charge is 0.244 e. The summed E-state index contributed by atoms with van der Waals surface area (Å²) < 4.78 is 26.6. The number of benzene rings is 3. The van der Waals surface area contributed by atoms with E-state index in [0.29, 0.717) is 10.6 Å². The SMILES string of the molecule is CC(C)NC(=O)[C@@H](Cc1ccccc1)N(Cc1ccc(Cl)c(Cl)c1)C(=O)CN(c1cc(Cl)ccc1Cl)S(C)(=O)=O. The average Bonchev–Trinajstić information content (AvgIpc) is 2.87. The van der Waals surface area contributed by atoms with E-state index in [-0.39, 0.29) is 45.7 Å². The summed E-state index contributed by atoms with van der Waals surface area (Å²) in [6.45, 7) is 2.96. The predicted molar refractivity (Wildman–Crippen MR) is 163 cm³/mol. The van der Waals surface area contributed by atoms with E-state index in [4.69, 9.17) is 46.4 Å². The van der Waals surface area contributed by atoms with Crippen molar-refractivity contribution in [3.8, 4) is 0 Å². The molecule has 0 radical (unpaired) electrons. The molecule has 0 bridgehead atoms. The van der Waals surface area contributed by atoms with Crippen molar-refractivity contribution in [1.82, 2.24) is 10.2 Å². The number of nitrogens with zero attached hydrogens (tertiary/aromatic N) is 2. The van der Waals surface area contributed by atoms with Gasteiger partial charge in [0.2, 0.25) is 21.8 Å². The van der Waals surface area contributed by atoms with Crippen molar-refractivity contribution in [2.75, 3.05) is 17.1 Å². The lowest BCUT2D eigenvalue weighted by Crippen LogP contribution is -2.54. The predicted octanol–water partition coefficient (Wildman–Crippen LogP) is 6.23. The van der Waals surface area contributed by atoms with Crippen LogP contribution in [0.25, 0.3) is 0 Å². The molecule has 0 aliphatic heterocycles. The number of halogens is 4. The fourth-order valence-corrected chi connectivity index (χ4v) is 5.65. The van der Waals surface area contributed by atoms with Crippen LogP contribution in [0.3, 0.4) is 0 Å². The van der Waals surface area contributed by atoms with E-state index in [1.165, 1.54) is 23.1 Å². The molecular formula is C28H29Cl4N3O4S. The fourth-order valence-electron chi connectivity index (χ4n) is 4.04. The van der Waals surface area contributed by atoms with E-state index in [0.717, 1.165) is 16.1 Å². The Morgan fingerprint density at radius 2 is 1.50 bits per heavy atom. The van der Waals surface area contributed by atoms with Crippen LogP contribution < -0.4 is 9.62 Å². The van der Waals surface area contributed by atoms with Gasteiger partial charge in [-0.25, -0.2) is 8.42 Å². The van der Waals surface area contributed by atoms with Crippen molar-refractivity contribution in [3.63, 3.8) is 0 Å². The van der Waals surface area contributed by atoms with E-state index >= 15 is 0 Å². The average molecular weight is 645 g/mol. The Balaban J connectivity index is 2.10. The Labute approximate surface area is 255 Å². The highest BCUT2D eigenvalue weighted by Gasteiger charge is 2.33. The maximum absolute atomic E-state index is 14.1. The highest BCUT2D eigenvalue weighted by Crippen LogP contribution is 2.31. The second kappa shape index (κ2) is 13.9. The Morgan fingerprint density at radius 1 is 0.850 bits per heavy atom. The van der Waals surface area contributed by atoms with Gasteiger partial charge in [0.05, 0.1) is 27.0 Å². The van der Waals surface area contributed by atoms with Crippen molar-refractivity contribution >= 4 is 73.9 Å². The second-order valence-electron chi connectivity index (χ2n) is 9.50. The molecule has 1 N–H and O–H groups in total. The Morgan fingerprint density at radius 3 is 2.10 bits per heavy atom. The molecule has 40 heavy (non-hydrogen) atoms. The maximum Gasteiger partial charge on any atom is 0.244 e. The molecule has 3 aromatic rings. The summed E-state index contributed by atoms with van der Waals surface area (Å²) in [5.41, 5.74) is 1.46. The number of nitrogens with one attached hydrogen (secondary N) is 1. The molecule has 0 saturated heterocycles. The molecule has 0 aliphatic carbocycles. The van der Waals surface area contributed by atoms with Crippen LogP contribution in [-0.4, -0.2) is 50.0 Å². The summed E-state index contributed by atoms with van der Waals surface area (Å²) in [4.78, 5) is 28.9. The van der Waals surface area contributed by atoms with Crippen molar-refractivity contribution in [2.24, 2.45) is 0 Å². The summed E-state index contributed by atoms with van der Waals surface area (Å²) in [6, 6.07) is 17.3.